The Morgan fingerprint density at radius 1 is 1.39 bits per heavy atom. The van der Waals surface area contributed by atoms with Gasteiger partial charge in [0, 0.05) is 12.7 Å². The largest absolute Gasteiger partial charge is 0.302 e. The minimum atomic E-state index is -3.85. The van der Waals surface area contributed by atoms with Crippen molar-refractivity contribution < 1.29 is 17.6 Å². The van der Waals surface area contributed by atoms with E-state index in [2.05, 4.69) is 4.98 Å². The molecule has 0 saturated carbocycles. The summed E-state index contributed by atoms with van der Waals surface area (Å²) < 4.78 is 38.7. The van der Waals surface area contributed by atoms with E-state index in [4.69, 9.17) is 0 Å². The lowest BCUT2D eigenvalue weighted by Gasteiger charge is -2.31. The molecule has 2 heterocycles. The second-order valence-electron chi connectivity index (χ2n) is 4.15. The zero-order chi connectivity index (χ0) is 13.2. The number of hydrogen-bond acceptors (Lipinski definition) is 4. The van der Waals surface area contributed by atoms with Gasteiger partial charge in [-0.1, -0.05) is 6.42 Å². The van der Waals surface area contributed by atoms with Crippen molar-refractivity contribution in [3.63, 3.8) is 0 Å². The summed E-state index contributed by atoms with van der Waals surface area (Å²) in [6.07, 6.45) is 4.68. The third-order valence-corrected chi connectivity index (χ3v) is 4.83. The van der Waals surface area contributed by atoms with Crippen molar-refractivity contribution in [2.45, 2.75) is 30.2 Å². The first kappa shape index (κ1) is 13.1. The van der Waals surface area contributed by atoms with Crippen LogP contribution in [0.5, 0.6) is 0 Å². The van der Waals surface area contributed by atoms with E-state index in [9.17, 15) is 17.6 Å². The number of halogens is 1. The molecular weight excluding hydrogens is 259 g/mol. The van der Waals surface area contributed by atoms with Crippen LogP contribution in [0.3, 0.4) is 0 Å². The number of sulfonamides is 1. The van der Waals surface area contributed by atoms with Crippen LogP contribution in [-0.2, 0) is 14.8 Å². The number of nitrogens with zero attached hydrogens (tertiary/aromatic N) is 2. The summed E-state index contributed by atoms with van der Waals surface area (Å²) in [5.41, 5.74) is 0. The van der Waals surface area contributed by atoms with E-state index in [1.165, 1.54) is 0 Å². The summed E-state index contributed by atoms with van der Waals surface area (Å²) in [4.78, 5) is 14.2. The summed E-state index contributed by atoms with van der Waals surface area (Å²) in [5, 5.41) is 0. The van der Waals surface area contributed by atoms with Gasteiger partial charge in [0.25, 0.3) is 0 Å². The Bertz CT molecular complexity index is 547. The number of piperidine rings is 1. The van der Waals surface area contributed by atoms with Crippen molar-refractivity contribution in [1.29, 1.82) is 0 Å². The molecule has 5 nitrogen and oxygen atoms in total. The van der Waals surface area contributed by atoms with Gasteiger partial charge in [-0.15, -0.1) is 0 Å². The Morgan fingerprint density at radius 2 is 2.17 bits per heavy atom. The molecule has 1 aromatic heterocycles. The van der Waals surface area contributed by atoms with Crippen LogP contribution < -0.4 is 0 Å². The van der Waals surface area contributed by atoms with Crippen molar-refractivity contribution in [2.24, 2.45) is 0 Å². The number of aromatic nitrogens is 1. The number of aldehydes is 1. The minimum absolute atomic E-state index is 0.212. The molecule has 0 bridgehead atoms. The Hall–Kier alpha value is -1.34. The van der Waals surface area contributed by atoms with Gasteiger partial charge in [0.2, 0.25) is 10.0 Å². The van der Waals surface area contributed by atoms with Crippen LogP contribution in [0.15, 0.2) is 23.4 Å². The number of pyridine rings is 1. The van der Waals surface area contributed by atoms with E-state index >= 15 is 0 Å². The summed E-state index contributed by atoms with van der Waals surface area (Å²) in [5.74, 6) is -0.712. The number of rotatable bonds is 3. The molecule has 0 aromatic carbocycles. The quantitative estimate of drug-likeness (QED) is 0.769. The molecule has 1 atom stereocenters. The summed E-state index contributed by atoms with van der Waals surface area (Å²) in [6.45, 7) is 0.280. The molecule has 2 rings (SSSR count). The number of carbonyl (C=O) groups is 1. The van der Waals surface area contributed by atoms with Gasteiger partial charge in [0.15, 0.2) is 0 Å². The van der Waals surface area contributed by atoms with Gasteiger partial charge in [0.05, 0.1) is 12.2 Å². The Balaban J connectivity index is 2.38. The average Bonchev–Trinajstić information content (AvgIpc) is 2.38. The van der Waals surface area contributed by atoms with Crippen LogP contribution >= 0.6 is 0 Å². The highest BCUT2D eigenvalue weighted by molar-refractivity contribution is 7.89. The smallest absolute Gasteiger partial charge is 0.245 e. The summed E-state index contributed by atoms with van der Waals surface area (Å²) in [6, 6.07) is 0.255. The Kier molecular flexibility index (Phi) is 3.72. The maximum Gasteiger partial charge on any atom is 0.245 e. The monoisotopic (exact) mass is 272 g/mol. The molecule has 1 saturated heterocycles. The topological polar surface area (TPSA) is 67.3 Å². The zero-order valence-electron chi connectivity index (χ0n) is 9.62. The fourth-order valence-electron chi connectivity index (χ4n) is 2.03. The van der Waals surface area contributed by atoms with E-state index in [1.54, 1.807) is 0 Å². The van der Waals surface area contributed by atoms with Gasteiger partial charge in [-0.3, -0.25) is 4.98 Å². The molecular formula is C11H13FN2O3S. The van der Waals surface area contributed by atoms with E-state index in [0.29, 0.717) is 19.1 Å². The van der Waals surface area contributed by atoms with Gasteiger partial charge in [0.1, 0.15) is 17.0 Å². The van der Waals surface area contributed by atoms with Gasteiger partial charge >= 0.3 is 0 Å². The van der Waals surface area contributed by atoms with Crippen LogP contribution in [0.4, 0.5) is 4.39 Å². The normalized spacial score (nSPS) is 21.7. The molecule has 18 heavy (non-hydrogen) atoms. The Labute approximate surface area is 105 Å². The lowest BCUT2D eigenvalue weighted by atomic mass is 10.1. The number of carbonyl (C=O) groups excluding carboxylic acids is 1. The van der Waals surface area contributed by atoms with Gasteiger partial charge in [-0.25, -0.2) is 12.8 Å². The molecule has 1 aromatic rings. The fraction of sp³-hybridized carbons (Fsp3) is 0.455. The van der Waals surface area contributed by atoms with E-state index in [1.807, 2.05) is 0 Å². The zero-order valence-corrected chi connectivity index (χ0v) is 10.4. The highest BCUT2D eigenvalue weighted by atomic mass is 32.2. The third-order valence-electron chi connectivity index (χ3n) is 2.94. The first-order valence-electron chi connectivity index (χ1n) is 5.63. The van der Waals surface area contributed by atoms with E-state index in [0.717, 1.165) is 29.2 Å². The standard InChI is InChI=1S/C11H13FN2O3S/c12-9-5-11(7-13-6-9)18(16,17)14-4-2-1-3-10(14)8-15/h5-8,10H,1-4H2. The molecule has 0 N–H and O–H groups in total. The van der Waals surface area contributed by atoms with E-state index < -0.39 is 21.9 Å². The molecule has 0 spiro atoms. The molecule has 1 fully saturated rings. The van der Waals surface area contributed by atoms with Gasteiger partial charge < -0.3 is 4.79 Å². The van der Waals surface area contributed by atoms with Crippen molar-refractivity contribution in [3.8, 4) is 0 Å². The van der Waals surface area contributed by atoms with Gasteiger partial charge in [-0.2, -0.15) is 4.31 Å². The summed E-state index contributed by atoms with van der Waals surface area (Å²) in [7, 11) is -3.85. The fourth-order valence-corrected chi connectivity index (χ4v) is 3.64. The molecule has 0 aliphatic carbocycles. The van der Waals surface area contributed by atoms with Crippen molar-refractivity contribution in [1.82, 2.24) is 9.29 Å². The van der Waals surface area contributed by atoms with Crippen LogP contribution in [0.1, 0.15) is 19.3 Å². The maximum atomic E-state index is 13.0. The Morgan fingerprint density at radius 3 is 2.83 bits per heavy atom. The van der Waals surface area contributed by atoms with Crippen molar-refractivity contribution in [2.75, 3.05) is 6.54 Å². The second-order valence-corrected chi connectivity index (χ2v) is 6.04. The van der Waals surface area contributed by atoms with Crippen LogP contribution in [0.25, 0.3) is 0 Å². The number of hydrogen-bond donors (Lipinski definition) is 0. The SMILES string of the molecule is O=CC1CCCCN1S(=O)(=O)c1cncc(F)c1. The molecule has 0 amide bonds. The molecule has 1 unspecified atom stereocenters. The third kappa shape index (κ3) is 2.41. The molecule has 7 heteroatoms. The molecule has 98 valence electrons. The predicted molar refractivity (Wildman–Crippen MR) is 61.8 cm³/mol. The highest BCUT2D eigenvalue weighted by Crippen LogP contribution is 2.24. The first-order valence-corrected chi connectivity index (χ1v) is 7.07. The molecule has 0 radical (unpaired) electrons. The van der Waals surface area contributed by atoms with E-state index in [-0.39, 0.29) is 11.4 Å². The predicted octanol–water partition coefficient (Wildman–Crippen LogP) is 0.963. The lowest BCUT2D eigenvalue weighted by Crippen LogP contribution is -2.44. The maximum absolute atomic E-state index is 13.0. The first-order chi connectivity index (χ1) is 8.55. The van der Waals surface area contributed by atoms with Crippen LogP contribution in [0.2, 0.25) is 0 Å². The van der Waals surface area contributed by atoms with Crippen molar-refractivity contribution in [3.05, 3.63) is 24.3 Å². The average molecular weight is 272 g/mol. The lowest BCUT2D eigenvalue weighted by molar-refractivity contribution is -0.111. The summed E-state index contributed by atoms with van der Waals surface area (Å²) >= 11 is 0. The minimum Gasteiger partial charge on any atom is -0.302 e. The van der Waals surface area contributed by atoms with Crippen molar-refractivity contribution >= 4 is 16.3 Å². The van der Waals surface area contributed by atoms with Gasteiger partial charge in [-0.05, 0) is 18.9 Å². The molecule has 1 aliphatic heterocycles. The highest BCUT2D eigenvalue weighted by Gasteiger charge is 2.33. The van der Waals surface area contributed by atoms with Crippen LogP contribution in [0, 0.1) is 5.82 Å². The second kappa shape index (κ2) is 5.11. The molecule has 1 aliphatic rings. The van der Waals surface area contributed by atoms with Crippen LogP contribution in [-0.4, -0.2) is 36.6 Å².